The van der Waals surface area contributed by atoms with Gasteiger partial charge in [-0.2, -0.15) is 5.10 Å². The van der Waals surface area contributed by atoms with E-state index in [4.69, 9.17) is 4.74 Å². The summed E-state index contributed by atoms with van der Waals surface area (Å²) < 4.78 is 5.30. The van der Waals surface area contributed by atoms with E-state index >= 15 is 0 Å². The van der Waals surface area contributed by atoms with Gasteiger partial charge in [0.1, 0.15) is 5.75 Å². The third kappa shape index (κ3) is 4.72. The number of carbonyl (C=O) groups excluding carboxylic acids is 1. The zero-order chi connectivity index (χ0) is 22.3. The van der Waals surface area contributed by atoms with Gasteiger partial charge in [-0.25, -0.2) is 5.43 Å². The monoisotopic (exact) mass is 425 g/mol. The number of carbonyl (C=O) groups is 1. The Kier molecular flexibility index (Phi) is 6.66. The van der Waals surface area contributed by atoms with Gasteiger partial charge in [-0.05, 0) is 72.5 Å². The van der Waals surface area contributed by atoms with Crippen molar-refractivity contribution in [1.29, 1.82) is 0 Å². The summed E-state index contributed by atoms with van der Waals surface area (Å²) in [4.78, 5) is 15.9. The Morgan fingerprint density at radius 3 is 2.56 bits per heavy atom. The summed E-state index contributed by atoms with van der Waals surface area (Å²) in [6, 6.07) is 23.5. The summed E-state index contributed by atoms with van der Waals surface area (Å²) in [7, 11) is 1.66. The molecule has 0 aliphatic rings. The molecule has 0 saturated carbocycles. The molecule has 2 N–H and O–H groups in total. The number of H-pyrrole nitrogens is 1. The van der Waals surface area contributed by atoms with E-state index in [0.29, 0.717) is 5.56 Å². The molecule has 0 saturated heterocycles. The topological polar surface area (TPSA) is 66.5 Å². The van der Waals surface area contributed by atoms with E-state index < -0.39 is 0 Å². The van der Waals surface area contributed by atoms with Crippen LogP contribution in [0.25, 0.3) is 22.2 Å². The number of hydrogen-bond donors (Lipinski definition) is 2. The Labute approximate surface area is 188 Å². The summed E-state index contributed by atoms with van der Waals surface area (Å²) in [6.07, 6.45) is 5.07. The lowest BCUT2D eigenvalue weighted by atomic mass is 10.0. The molecule has 0 unspecified atom stereocenters. The molecule has 0 aliphatic heterocycles. The first-order chi connectivity index (χ1) is 15.7. The maximum atomic E-state index is 12.4. The van der Waals surface area contributed by atoms with Crippen LogP contribution >= 0.6 is 0 Å². The van der Waals surface area contributed by atoms with E-state index in [2.05, 4.69) is 40.6 Å². The predicted octanol–water partition coefficient (Wildman–Crippen LogP) is 5.95. The van der Waals surface area contributed by atoms with Crippen LogP contribution in [-0.2, 0) is 6.42 Å². The SMILES string of the molecule is CCCCc1ccc2[nH]c(-c3ccc(OC)cc3)c(C=NNC(=O)c3ccccc3)c2c1. The molecule has 5 heteroatoms. The number of amides is 1. The number of aromatic amines is 1. The normalized spacial score (nSPS) is 11.2. The molecule has 4 rings (SSSR count). The molecule has 0 atom stereocenters. The molecular weight excluding hydrogens is 398 g/mol. The number of nitrogens with zero attached hydrogens (tertiary/aromatic N) is 1. The van der Waals surface area contributed by atoms with Crippen molar-refractivity contribution in [2.24, 2.45) is 5.10 Å². The molecule has 1 aromatic heterocycles. The number of ether oxygens (including phenoxy) is 1. The van der Waals surface area contributed by atoms with Gasteiger partial charge in [0.05, 0.1) is 19.0 Å². The number of hydrogen-bond acceptors (Lipinski definition) is 3. The van der Waals surface area contributed by atoms with E-state index in [1.54, 1.807) is 25.5 Å². The highest BCUT2D eigenvalue weighted by atomic mass is 16.5. The maximum absolute atomic E-state index is 12.4. The Balaban J connectivity index is 1.71. The highest BCUT2D eigenvalue weighted by molar-refractivity contribution is 6.06. The van der Waals surface area contributed by atoms with Gasteiger partial charge in [0.15, 0.2) is 0 Å². The van der Waals surface area contributed by atoms with Gasteiger partial charge in [0.2, 0.25) is 0 Å². The number of rotatable bonds is 8. The zero-order valence-corrected chi connectivity index (χ0v) is 18.4. The first kappa shape index (κ1) is 21.4. The Morgan fingerprint density at radius 2 is 1.84 bits per heavy atom. The zero-order valence-electron chi connectivity index (χ0n) is 18.4. The summed E-state index contributed by atoms with van der Waals surface area (Å²) in [5, 5.41) is 5.37. The van der Waals surface area contributed by atoms with Crippen molar-refractivity contribution in [3.63, 3.8) is 0 Å². The highest BCUT2D eigenvalue weighted by Gasteiger charge is 2.13. The summed E-state index contributed by atoms with van der Waals surface area (Å²) in [5.41, 5.74) is 8.46. The minimum atomic E-state index is -0.240. The van der Waals surface area contributed by atoms with Crippen LogP contribution in [0.1, 0.15) is 41.3 Å². The number of nitrogens with one attached hydrogen (secondary N) is 2. The van der Waals surface area contributed by atoms with Crippen molar-refractivity contribution in [1.82, 2.24) is 10.4 Å². The number of methoxy groups -OCH3 is 1. The van der Waals surface area contributed by atoms with Crippen LogP contribution in [0.3, 0.4) is 0 Å². The van der Waals surface area contributed by atoms with Crippen LogP contribution in [0.15, 0.2) is 77.9 Å². The third-order valence-electron chi connectivity index (χ3n) is 5.50. The number of fused-ring (bicyclic) bond motifs is 1. The molecule has 4 aromatic rings. The Morgan fingerprint density at radius 1 is 1.06 bits per heavy atom. The fourth-order valence-corrected chi connectivity index (χ4v) is 3.73. The Bertz CT molecular complexity index is 1230. The van der Waals surface area contributed by atoms with Crippen LogP contribution in [-0.4, -0.2) is 24.2 Å². The van der Waals surface area contributed by atoms with Crippen molar-refractivity contribution in [2.45, 2.75) is 26.2 Å². The van der Waals surface area contributed by atoms with Crippen molar-refractivity contribution < 1.29 is 9.53 Å². The van der Waals surface area contributed by atoms with Crippen LogP contribution in [0.4, 0.5) is 0 Å². The van der Waals surface area contributed by atoms with Gasteiger partial charge in [-0.1, -0.05) is 37.6 Å². The number of hydrazone groups is 1. The Hall–Kier alpha value is -3.86. The molecule has 162 valence electrons. The standard InChI is InChI=1S/C27H27N3O2/c1-3-4-8-19-11-16-25-23(17-19)24(18-28-30-27(31)21-9-6-5-7-10-21)26(29-25)20-12-14-22(32-2)15-13-20/h5-7,9-18,29H,3-4,8H2,1-2H3,(H,30,31). The molecule has 32 heavy (non-hydrogen) atoms. The first-order valence-electron chi connectivity index (χ1n) is 10.9. The molecule has 3 aromatic carbocycles. The molecule has 5 nitrogen and oxygen atoms in total. The van der Waals surface area contributed by atoms with Crippen molar-refractivity contribution >= 4 is 23.0 Å². The van der Waals surface area contributed by atoms with Gasteiger partial charge < -0.3 is 9.72 Å². The molecule has 1 amide bonds. The second kappa shape index (κ2) is 9.96. The van der Waals surface area contributed by atoms with Crippen LogP contribution in [0, 0.1) is 0 Å². The van der Waals surface area contributed by atoms with Crippen molar-refractivity contribution in [3.05, 3.63) is 89.5 Å². The first-order valence-corrected chi connectivity index (χ1v) is 10.9. The third-order valence-corrected chi connectivity index (χ3v) is 5.50. The van der Waals surface area contributed by atoms with Crippen LogP contribution < -0.4 is 10.2 Å². The number of aryl methyl sites for hydroxylation is 1. The molecule has 1 heterocycles. The number of benzene rings is 3. The minimum absolute atomic E-state index is 0.240. The summed E-state index contributed by atoms with van der Waals surface area (Å²) >= 11 is 0. The lowest BCUT2D eigenvalue weighted by Crippen LogP contribution is -2.17. The van der Waals surface area contributed by atoms with E-state index in [1.165, 1.54) is 5.56 Å². The molecular formula is C27H27N3O2. The molecule has 0 bridgehead atoms. The summed E-state index contributed by atoms with van der Waals surface area (Å²) in [5.74, 6) is 0.563. The second-order valence-electron chi connectivity index (χ2n) is 7.69. The van der Waals surface area contributed by atoms with E-state index in [1.807, 2.05) is 42.5 Å². The van der Waals surface area contributed by atoms with E-state index in [0.717, 1.165) is 52.7 Å². The molecule has 0 spiro atoms. The minimum Gasteiger partial charge on any atom is -0.497 e. The summed E-state index contributed by atoms with van der Waals surface area (Å²) in [6.45, 7) is 2.20. The van der Waals surface area contributed by atoms with Gasteiger partial charge >= 0.3 is 0 Å². The quantitative estimate of drug-likeness (QED) is 0.271. The predicted molar refractivity (Wildman–Crippen MR) is 130 cm³/mol. The fraction of sp³-hybridized carbons (Fsp3) is 0.185. The number of unbranched alkanes of at least 4 members (excludes halogenated alkanes) is 1. The van der Waals surface area contributed by atoms with Gasteiger partial charge in [0, 0.05) is 22.0 Å². The van der Waals surface area contributed by atoms with Gasteiger partial charge in [-0.3, -0.25) is 4.79 Å². The van der Waals surface area contributed by atoms with Crippen LogP contribution in [0.5, 0.6) is 5.75 Å². The van der Waals surface area contributed by atoms with Gasteiger partial charge in [0.25, 0.3) is 5.91 Å². The lowest BCUT2D eigenvalue weighted by molar-refractivity contribution is 0.0955. The second-order valence-corrected chi connectivity index (χ2v) is 7.69. The fourth-order valence-electron chi connectivity index (χ4n) is 3.73. The number of aromatic nitrogens is 1. The average molecular weight is 426 g/mol. The largest absolute Gasteiger partial charge is 0.497 e. The van der Waals surface area contributed by atoms with E-state index in [9.17, 15) is 4.79 Å². The highest BCUT2D eigenvalue weighted by Crippen LogP contribution is 2.31. The smallest absolute Gasteiger partial charge is 0.271 e. The van der Waals surface area contributed by atoms with Crippen LogP contribution in [0.2, 0.25) is 0 Å². The van der Waals surface area contributed by atoms with Crippen molar-refractivity contribution in [3.8, 4) is 17.0 Å². The molecule has 0 aliphatic carbocycles. The maximum Gasteiger partial charge on any atom is 0.271 e. The average Bonchev–Trinajstić information content (AvgIpc) is 3.21. The van der Waals surface area contributed by atoms with Crippen molar-refractivity contribution in [2.75, 3.05) is 7.11 Å². The van der Waals surface area contributed by atoms with E-state index in [-0.39, 0.29) is 5.91 Å². The van der Waals surface area contributed by atoms with Gasteiger partial charge in [-0.15, -0.1) is 0 Å². The molecule has 0 radical (unpaired) electrons. The molecule has 0 fully saturated rings. The lowest BCUT2D eigenvalue weighted by Gasteiger charge is -2.04.